The van der Waals surface area contributed by atoms with Crippen LogP contribution >= 0.6 is 11.6 Å². The molecular formula is C11H13ClO2. The number of hydrogen-bond donors (Lipinski definition) is 1. The fourth-order valence-electron chi connectivity index (χ4n) is 1.50. The Balaban J connectivity index is 1.94. The molecule has 0 amide bonds. The molecule has 1 fully saturated rings. The number of aromatic hydroxyl groups is 1. The summed E-state index contributed by atoms with van der Waals surface area (Å²) in [5.74, 6) is 1.50. The molecule has 0 unspecified atom stereocenters. The lowest BCUT2D eigenvalue weighted by molar-refractivity contribution is 0.180. The van der Waals surface area contributed by atoms with Gasteiger partial charge in [-0.3, -0.25) is 0 Å². The van der Waals surface area contributed by atoms with E-state index in [1.807, 2.05) is 0 Å². The summed E-state index contributed by atoms with van der Waals surface area (Å²) in [5.41, 5.74) is 0. The van der Waals surface area contributed by atoms with Crippen LogP contribution in [-0.2, 0) is 0 Å². The molecule has 0 aromatic heterocycles. The third-order valence-corrected chi connectivity index (χ3v) is 2.78. The summed E-state index contributed by atoms with van der Waals surface area (Å²) in [4.78, 5) is 0. The molecule has 76 valence electrons. The maximum absolute atomic E-state index is 9.27. The van der Waals surface area contributed by atoms with E-state index in [1.165, 1.54) is 25.3 Å². The number of ether oxygens (including phenoxy) is 1. The van der Waals surface area contributed by atoms with Crippen LogP contribution < -0.4 is 4.74 Å². The largest absolute Gasteiger partial charge is 0.508 e. The van der Waals surface area contributed by atoms with Crippen molar-refractivity contribution in [1.29, 1.82) is 0 Å². The van der Waals surface area contributed by atoms with Crippen LogP contribution in [0.4, 0.5) is 0 Å². The SMILES string of the molecule is Oc1cc(Cl)cc(OCC2CCC2)c1. The lowest BCUT2D eigenvalue weighted by atomic mass is 9.86. The van der Waals surface area contributed by atoms with E-state index in [0.29, 0.717) is 16.7 Å². The zero-order valence-corrected chi connectivity index (χ0v) is 8.63. The molecule has 1 N–H and O–H groups in total. The van der Waals surface area contributed by atoms with Crippen LogP contribution in [-0.4, -0.2) is 11.7 Å². The number of halogens is 1. The highest BCUT2D eigenvalue weighted by molar-refractivity contribution is 6.30. The van der Waals surface area contributed by atoms with Gasteiger partial charge in [0.2, 0.25) is 0 Å². The van der Waals surface area contributed by atoms with E-state index in [0.717, 1.165) is 6.61 Å². The lowest BCUT2D eigenvalue weighted by Crippen LogP contribution is -2.19. The van der Waals surface area contributed by atoms with Gasteiger partial charge in [-0.25, -0.2) is 0 Å². The van der Waals surface area contributed by atoms with Gasteiger partial charge >= 0.3 is 0 Å². The van der Waals surface area contributed by atoms with Gasteiger partial charge in [0.15, 0.2) is 0 Å². The molecule has 0 spiro atoms. The second-order valence-electron chi connectivity index (χ2n) is 3.75. The first-order valence-corrected chi connectivity index (χ1v) is 5.24. The average Bonchev–Trinajstić information content (AvgIpc) is 1.99. The highest BCUT2D eigenvalue weighted by Gasteiger charge is 2.17. The summed E-state index contributed by atoms with van der Waals surface area (Å²) < 4.78 is 5.53. The van der Waals surface area contributed by atoms with Gasteiger partial charge in [-0.1, -0.05) is 18.0 Å². The molecule has 0 bridgehead atoms. The van der Waals surface area contributed by atoms with Crippen molar-refractivity contribution < 1.29 is 9.84 Å². The van der Waals surface area contributed by atoms with Crippen molar-refractivity contribution >= 4 is 11.6 Å². The predicted octanol–water partition coefficient (Wildman–Crippen LogP) is 3.22. The van der Waals surface area contributed by atoms with E-state index in [4.69, 9.17) is 16.3 Å². The number of phenols is 1. The van der Waals surface area contributed by atoms with Crippen molar-refractivity contribution in [3.8, 4) is 11.5 Å². The number of hydrogen-bond acceptors (Lipinski definition) is 2. The summed E-state index contributed by atoms with van der Waals surface area (Å²) >= 11 is 5.77. The molecule has 2 nitrogen and oxygen atoms in total. The van der Waals surface area contributed by atoms with E-state index < -0.39 is 0 Å². The van der Waals surface area contributed by atoms with E-state index in [1.54, 1.807) is 12.1 Å². The van der Waals surface area contributed by atoms with Gasteiger partial charge in [0.05, 0.1) is 6.61 Å². The third kappa shape index (κ3) is 2.32. The quantitative estimate of drug-likeness (QED) is 0.834. The van der Waals surface area contributed by atoms with Crippen LogP contribution in [0, 0.1) is 5.92 Å². The van der Waals surface area contributed by atoms with Crippen molar-refractivity contribution in [3.63, 3.8) is 0 Å². The van der Waals surface area contributed by atoms with Crippen LogP contribution in [0.25, 0.3) is 0 Å². The van der Waals surface area contributed by atoms with Crippen molar-refractivity contribution in [2.45, 2.75) is 19.3 Å². The minimum Gasteiger partial charge on any atom is -0.508 e. The standard InChI is InChI=1S/C11H13ClO2/c12-9-4-10(13)6-11(5-9)14-7-8-2-1-3-8/h4-6,8,13H,1-3,7H2. The molecule has 14 heavy (non-hydrogen) atoms. The molecule has 0 atom stereocenters. The molecular weight excluding hydrogens is 200 g/mol. The molecule has 0 heterocycles. The summed E-state index contributed by atoms with van der Waals surface area (Å²) in [7, 11) is 0. The highest BCUT2D eigenvalue weighted by Crippen LogP contribution is 2.29. The summed E-state index contributed by atoms with van der Waals surface area (Å²) in [6.07, 6.45) is 3.83. The van der Waals surface area contributed by atoms with Crippen LogP contribution in [0.5, 0.6) is 11.5 Å². The smallest absolute Gasteiger partial charge is 0.124 e. The second kappa shape index (κ2) is 4.09. The van der Waals surface area contributed by atoms with Gasteiger partial charge in [-0.2, -0.15) is 0 Å². The van der Waals surface area contributed by atoms with E-state index in [9.17, 15) is 5.11 Å². The Morgan fingerprint density at radius 1 is 1.36 bits per heavy atom. The molecule has 2 rings (SSSR count). The molecule has 1 aliphatic carbocycles. The highest BCUT2D eigenvalue weighted by atomic mass is 35.5. The lowest BCUT2D eigenvalue weighted by Gasteiger charge is -2.25. The average molecular weight is 213 g/mol. The first kappa shape index (κ1) is 9.66. The monoisotopic (exact) mass is 212 g/mol. The predicted molar refractivity (Wildman–Crippen MR) is 56.0 cm³/mol. The Bertz CT molecular complexity index is 301. The van der Waals surface area contributed by atoms with Crippen LogP contribution in [0.2, 0.25) is 5.02 Å². The molecule has 1 saturated carbocycles. The summed E-state index contributed by atoms with van der Waals surface area (Å²) in [6, 6.07) is 4.81. The first-order valence-electron chi connectivity index (χ1n) is 4.86. The Kier molecular flexibility index (Phi) is 2.82. The van der Waals surface area contributed by atoms with Gasteiger partial charge in [0.1, 0.15) is 11.5 Å². The Morgan fingerprint density at radius 2 is 2.14 bits per heavy atom. The Morgan fingerprint density at radius 3 is 2.71 bits per heavy atom. The van der Waals surface area contributed by atoms with Crippen molar-refractivity contribution in [2.75, 3.05) is 6.61 Å². The van der Waals surface area contributed by atoms with Gasteiger partial charge < -0.3 is 9.84 Å². The maximum atomic E-state index is 9.27. The minimum absolute atomic E-state index is 0.154. The number of rotatable bonds is 3. The topological polar surface area (TPSA) is 29.5 Å². The summed E-state index contributed by atoms with van der Waals surface area (Å²) in [5, 5.41) is 9.77. The van der Waals surface area contributed by atoms with Crippen molar-refractivity contribution in [3.05, 3.63) is 23.2 Å². The normalized spacial score (nSPS) is 16.4. The van der Waals surface area contributed by atoms with Gasteiger partial charge in [0, 0.05) is 11.1 Å². The van der Waals surface area contributed by atoms with Gasteiger partial charge in [-0.15, -0.1) is 0 Å². The molecule has 1 aliphatic rings. The Hall–Kier alpha value is -0.890. The fraction of sp³-hybridized carbons (Fsp3) is 0.455. The number of benzene rings is 1. The van der Waals surface area contributed by atoms with Crippen molar-refractivity contribution in [2.24, 2.45) is 5.92 Å². The molecule has 0 radical (unpaired) electrons. The van der Waals surface area contributed by atoms with Crippen LogP contribution in [0.3, 0.4) is 0 Å². The molecule has 3 heteroatoms. The van der Waals surface area contributed by atoms with Crippen LogP contribution in [0.1, 0.15) is 19.3 Å². The molecule has 0 saturated heterocycles. The van der Waals surface area contributed by atoms with Crippen molar-refractivity contribution in [1.82, 2.24) is 0 Å². The van der Waals surface area contributed by atoms with Gasteiger partial charge in [0.25, 0.3) is 0 Å². The van der Waals surface area contributed by atoms with E-state index in [-0.39, 0.29) is 5.75 Å². The molecule has 1 aromatic rings. The van der Waals surface area contributed by atoms with Crippen LogP contribution in [0.15, 0.2) is 18.2 Å². The third-order valence-electron chi connectivity index (χ3n) is 2.57. The van der Waals surface area contributed by atoms with E-state index in [2.05, 4.69) is 0 Å². The second-order valence-corrected chi connectivity index (χ2v) is 4.19. The maximum Gasteiger partial charge on any atom is 0.124 e. The minimum atomic E-state index is 0.154. The zero-order chi connectivity index (χ0) is 9.97. The zero-order valence-electron chi connectivity index (χ0n) is 7.87. The number of phenolic OH excluding ortho intramolecular Hbond substituents is 1. The van der Waals surface area contributed by atoms with Gasteiger partial charge in [-0.05, 0) is 30.9 Å². The molecule has 1 aromatic carbocycles. The molecule has 0 aliphatic heterocycles. The summed E-state index contributed by atoms with van der Waals surface area (Å²) in [6.45, 7) is 0.736. The Labute approximate surface area is 88.5 Å². The first-order chi connectivity index (χ1) is 6.74. The van der Waals surface area contributed by atoms with E-state index >= 15 is 0 Å². The fourth-order valence-corrected chi connectivity index (χ4v) is 1.72.